The molecule has 0 radical (unpaired) electrons. The Hall–Kier alpha value is -2.78. The van der Waals surface area contributed by atoms with Gasteiger partial charge in [0.1, 0.15) is 11.5 Å². The van der Waals surface area contributed by atoms with Crippen LogP contribution in [0.25, 0.3) is 0 Å². The summed E-state index contributed by atoms with van der Waals surface area (Å²) < 4.78 is 36.3. The van der Waals surface area contributed by atoms with Crippen LogP contribution in [-0.4, -0.2) is 77.5 Å². The van der Waals surface area contributed by atoms with Gasteiger partial charge in [-0.15, -0.1) is 0 Å². The van der Waals surface area contributed by atoms with Crippen LogP contribution in [0.5, 0.6) is 11.5 Å². The Balaban J connectivity index is 1.52. The van der Waals surface area contributed by atoms with Crippen molar-refractivity contribution in [1.29, 1.82) is 0 Å². The molecule has 9 heteroatoms. The molecule has 0 bridgehead atoms. The van der Waals surface area contributed by atoms with Crippen molar-refractivity contribution in [3.63, 3.8) is 0 Å². The Kier molecular flexibility index (Phi) is 6.84. The zero-order chi connectivity index (χ0) is 21.7. The fourth-order valence-corrected chi connectivity index (χ4v) is 4.14. The van der Waals surface area contributed by atoms with Crippen LogP contribution in [0.2, 0.25) is 0 Å². The Morgan fingerprint density at radius 3 is 2.23 bits per heavy atom. The molecule has 1 heterocycles. The highest BCUT2D eigenvalue weighted by molar-refractivity contribution is 7.89. The lowest BCUT2D eigenvalue weighted by Gasteiger charge is -2.36. The highest BCUT2D eigenvalue weighted by Crippen LogP contribution is 2.28. The summed E-state index contributed by atoms with van der Waals surface area (Å²) in [6.07, 6.45) is 0. The van der Waals surface area contributed by atoms with Gasteiger partial charge in [-0.3, -0.25) is 4.79 Å². The van der Waals surface area contributed by atoms with E-state index in [1.54, 1.807) is 24.1 Å². The average Bonchev–Trinajstić information content (AvgIpc) is 2.77. The fourth-order valence-electron chi connectivity index (χ4n) is 3.24. The number of amides is 1. The Morgan fingerprint density at radius 2 is 1.63 bits per heavy atom. The highest BCUT2D eigenvalue weighted by Gasteiger charge is 2.23. The van der Waals surface area contributed by atoms with E-state index in [0.717, 1.165) is 15.7 Å². The van der Waals surface area contributed by atoms with E-state index in [0.29, 0.717) is 31.9 Å². The standard InChI is InChI=1S/C21H27N3O5S/c1-22(2)30(26,27)18-10-8-17(9-11-18)29-16-21(25)24-14-12-23(13-15-24)19-6-4-5-7-20(19)28-3/h4-11H,12-16H2,1-3H3. The molecule has 0 unspecified atom stereocenters. The minimum absolute atomic E-state index is 0.0889. The van der Waals surface area contributed by atoms with Gasteiger partial charge < -0.3 is 19.3 Å². The number of carbonyl (C=O) groups excluding carboxylic acids is 1. The molecule has 0 spiro atoms. The van der Waals surface area contributed by atoms with Crippen LogP contribution in [0.1, 0.15) is 0 Å². The number of carbonyl (C=O) groups is 1. The summed E-state index contributed by atoms with van der Waals surface area (Å²) in [5, 5.41) is 0. The number of sulfonamides is 1. The smallest absolute Gasteiger partial charge is 0.260 e. The van der Waals surface area contributed by atoms with Crippen LogP contribution in [-0.2, 0) is 14.8 Å². The SMILES string of the molecule is COc1ccccc1N1CCN(C(=O)COc2ccc(S(=O)(=O)N(C)C)cc2)CC1. The Labute approximate surface area is 177 Å². The molecule has 0 saturated carbocycles. The second kappa shape index (κ2) is 9.36. The molecule has 1 aliphatic rings. The lowest BCUT2D eigenvalue weighted by atomic mass is 10.2. The third-order valence-electron chi connectivity index (χ3n) is 5.02. The summed E-state index contributed by atoms with van der Waals surface area (Å²) in [6, 6.07) is 13.9. The van der Waals surface area contributed by atoms with Gasteiger partial charge in [0.05, 0.1) is 17.7 Å². The number of nitrogens with zero attached hydrogens (tertiary/aromatic N) is 3. The van der Waals surface area contributed by atoms with E-state index < -0.39 is 10.0 Å². The Bertz CT molecular complexity index is 968. The molecule has 30 heavy (non-hydrogen) atoms. The molecule has 2 aromatic rings. The largest absolute Gasteiger partial charge is 0.495 e. The molecular weight excluding hydrogens is 406 g/mol. The number of ether oxygens (including phenoxy) is 2. The van der Waals surface area contributed by atoms with Crippen molar-refractivity contribution in [3.8, 4) is 11.5 Å². The van der Waals surface area contributed by atoms with E-state index in [4.69, 9.17) is 9.47 Å². The van der Waals surface area contributed by atoms with Gasteiger partial charge in [0.25, 0.3) is 5.91 Å². The molecule has 0 aromatic heterocycles. The lowest BCUT2D eigenvalue weighted by molar-refractivity contribution is -0.133. The van der Waals surface area contributed by atoms with Crippen LogP contribution in [0.15, 0.2) is 53.4 Å². The summed E-state index contributed by atoms with van der Waals surface area (Å²) in [5.74, 6) is 1.17. The van der Waals surface area contributed by atoms with Gasteiger partial charge in [0, 0.05) is 40.3 Å². The number of benzene rings is 2. The predicted octanol–water partition coefficient (Wildman–Crippen LogP) is 1.67. The van der Waals surface area contributed by atoms with Crippen molar-refractivity contribution in [2.24, 2.45) is 0 Å². The first-order chi connectivity index (χ1) is 14.3. The maximum atomic E-state index is 12.5. The van der Waals surface area contributed by atoms with Crippen molar-refractivity contribution in [1.82, 2.24) is 9.21 Å². The predicted molar refractivity (Wildman–Crippen MR) is 115 cm³/mol. The van der Waals surface area contributed by atoms with Gasteiger partial charge in [0.15, 0.2) is 6.61 Å². The molecule has 2 aromatic carbocycles. The van der Waals surface area contributed by atoms with Gasteiger partial charge in [0.2, 0.25) is 10.0 Å². The summed E-state index contributed by atoms with van der Waals surface area (Å²) in [6.45, 7) is 2.53. The molecule has 0 N–H and O–H groups in total. The van der Waals surface area contributed by atoms with Crippen LogP contribution in [0.3, 0.4) is 0 Å². The van der Waals surface area contributed by atoms with Crippen molar-refractivity contribution >= 4 is 21.6 Å². The van der Waals surface area contributed by atoms with E-state index in [1.807, 2.05) is 24.3 Å². The second-order valence-electron chi connectivity index (χ2n) is 7.09. The molecule has 1 amide bonds. The van der Waals surface area contributed by atoms with Gasteiger partial charge in [-0.05, 0) is 36.4 Å². The number of piperazine rings is 1. The normalized spacial score (nSPS) is 14.7. The Morgan fingerprint density at radius 1 is 1.00 bits per heavy atom. The number of methoxy groups -OCH3 is 1. The van der Waals surface area contributed by atoms with Gasteiger partial charge >= 0.3 is 0 Å². The number of para-hydroxylation sites is 2. The van der Waals surface area contributed by atoms with Crippen molar-refractivity contribution in [2.75, 3.05) is 58.9 Å². The average molecular weight is 434 g/mol. The van der Waals surface area contributed by atoms with Crippen molar-refractivity contribution < 1.29 is 22.7 Å². The first kappa shape index (κ1) is 21.9. The molecule has 1 fully saturated rings. The summed E-state index contributed by atoms with van der Waals surface area (Å²) in [7, 11) is 1.12. The maximum absolute atomic E-state index is 12.5. The second-order valence-corrected chi connectivity index (χ2v) is 9.24. The van der Waals surface area contributed by atoms with Crippen molar-refractivity contribution in [3.05, 3.63) is 48.5 Å². The topological polar surface area (TPSA) is 79.4 Å². The molecule has 162 valence electrons. The molecule has 8 nitrogen and oxygen atoms in total. The molecule has 1 aliphatic heterocycles. The number of hydrogen-bond donors (Lipinski definition) is 0. The zero-order valence-electron chi connectivity index (χ0n) is 17.4. The van der Waals surface area contributed by atoms with Crippen LogP contribution in [0, 0.1) is 0 Å². The third-order valence-corrected chi connectivity index (χ3v) is 6.85. The fraction of sp³-hybridized carbons (Fsp3) is 0.381. The van der Waals surface area contributed by atoms with Crippen LogP contribution >= 0.6 is 0 Å². The first-order valence-corrected chi connectivity index (χ1v) is 11.1. The molecule has 1 saturated heterocycles. The molecule has 3 rings (SSSR count). The molecule has 0 aliphatic carbocycles. The van der Waals surface area contributed by atoms with Crippen LogP contribution < -0.4 is 14.4 Å². The van der Waals surface area contributed by atoms with E-state index in [1.165, 1.54) is 26.2 Å². The highest BCUT2D eigenvalue weighted by atomic mass is 32.2. The number of hydrogen-bond acceptors (Lipinski definition) is 6. The van der Waals surface area contributed by atoms with Gasteiger partial charge in [-0.2, -0.15) is 0 Å². The molecular formula is C21H27N3O5S. The summed E-state index contributed by atoms with van der Waals surface area (Å²) in [5.41, 5.74) is 1.02. The minimum Gasteiger partial charge on any atom is -0.495 e. The quantitative estimate of drug-likeness (QED) is 0.661. The van der Waals surface area contributed by atoms with E-state index in [2.05, 4.69) is 4.90 Å². The number of anilines is 1. The van der Waals surface area contributed by atoms with Gasteiger partial charge in [-0.1, -0.05) is 12.1 Å². The van der Waals surface area contributed by atoms with E-state index >= 15 is 0 Å². The zero-order valence-corrected chi connectivity index (χ0v) is 18.3. The maximum Gasteiger partial charge on any atom is 0.260 e. The monoisotopic (exact) mass is 433 g/mol. The molecule has 0 atom stereocenters. The van der Waals surface area contributed by atoms with E-state index in [-0.39, 0.29) is 17.4 Å². The van der Waals surface area contributed by atoms with E-state index in [9.17, 15) is 13.2 Å². The van der Waals surface area contributed by atoms with Gasteiger partial charge in [-0.25, -0.2) is 12.7 Å². The summed E-state index contributed by atoms with van der Waals surface area (Å²) in [4.78, 5) is 16.7. The van der Waals surface area contributed by atoms with Crippen molar-refractivity contribution in [2.45, 2.75) is 4.90 Å². The van der Waals surface area contributed by atoms with Crippen LogP contribution in [0.4, 0.5) is 5.69 Å². The number of rotatable bonds is 7. The summed E-state index contributed by atoms with van der Waals surface area (Å²) >= 11 is 0. The lowest BCUT2D eigenvalue weighted by Crippen LogP contribution is -2.50. The first-order valence-electron chi connectivity index (χ1n) is 9.64. The third kappa shape index (κ3) is 4.85. The minimum atomic E-state index is -3.49.